The maximum atomic E-state index is 12.2. The molecule has 116 valence electrons. The zero-order valence-electron chi connectivity index (χ0n) is 12.3. The van der Waals surface area contributed by atoms with Gasteiger partial charge in [-0.3, -0.25) is 19.1 Å². The van der Waals surface area contributed by atoms with Gasteiger partial charge in [0.2, 0.25) is 5.91 Å². The summed E-state index contributed by atoms with van der Waals surface area (Å²) in [5.41, 5.74) is 4.76. The van der Waals surface area contributed by atoms with Gasteiger partial charge >= 0.3 is 5.69 Å². The van der Waals surface area contributed by atoms with E-state index in [0.29, 0.717) is 6.54 Å². The molecule has 1 aliphatic rings. The molecule has 0 spiro atoms. The molecule has 1 unspecified atom stereocenters. The van der Waals surface area contributed by atoms with Gasteiger partial charge in [-0.15, -0.1) is 0 Å². The molecule has 8 nitrogen and oxygen atoms in total. The SMILES string of the molecule is CCn1c(N)c(NC(C)C(=O)N2CCCC2)c(=O)[nH]c1=O. The Balaban J connectivity index is 2.25. The summed E-state index contributed by atoms with van der Waals surface area (Å²) in [7, 11) is 0. The molecule has 0 radical (unpaired) electrons. The van der Waals surface area contributed by atoms with Gasteiger partial charge in [-0.05, 0) is 26.7 Å². The summed E-state index contributed by atoms with van der Waals surface area (Å²) in [5.74, 6) is -0.0205. The fourth-order valence-electron chi connectivity index (χ4n) is 2.53. The molecule has 2 rings (SSSR count). The molecule has 8 heteroatoms. The lowest BCUT2D eigenvalue weighted by molar-refractivity contribution is -0.130. The Morgan fingerprint density at radius 1 is 1.38 bits per heavy atom. The number of nitrogens with two attached hydrogens (primary N) is 1. The van der Waals surface area contributed by atoms with Crippen LogP contribution in [0.5, 0.6) is 0 Å². The maximum Gasteiger partial charge on any atom is 0.330 e. The second-order valence-corrected chi connectivity index (χ2v) is 5.16. The van der Waals surface area contributed by atoms with Gasteiger partial charge in [0, 0.05) is 19.6 Å². The number of hydrogen-bond acceptors (Lipinski definition) is 5. The summed E-state index contributed by atoms with van der Waals surface area (Å²) < 4.78 is 1.25. The van der Waals surface area contributed by atoms with Crippen molar-refractivity contribution in [3.05, 3.63) is 20.8 Å². The minimum Gasteiger partial charge on any atom is -0.383 e. The number of anilines is 2. The number of aromatic nitrogens is 2. The highest BCUT2D eigenvalue weighted by Gasteiger charge is 2.24. The Hall–Kier alpha value is -2.25. The van der Waals surface area contributed by atoms with Crippen LogP contribution in [0.4, 0.5) is 11.5 Å². The normalized spacial score (nSPS) is 16.0. The number of nitrogens with one attached hydrogen (secondary N) is 2. The molecule has 2 heterocycles. The topological polar surface area (TPSA) is 113 Å². The van der Waals surface area contributed by atoms with E-state index in [9.17, 15) is 14.4 Å². The van der Waals surface area contributed by atoms with Crippen molar-refractivity contribution in [3.63, 3.8) is 0 Å². The summed E-state index contributed by atoms with van der Waals surface area (Å²) in [6.07, 6.45) is 2.00. The van der Waals surface area contributed by atoms with Gasteiger partial charge in [-0.25, -0.2) is 4.79 Å². The third-order valence-corrected chi connectivity index (χ3v) is 3.70. The van der Waals surface area contributed by atoms with E-state index < -0.39 is 17.3 Å². The van der Waals surface area contributed by atoms with Crippen molar-refractivity contribution < 1.29 is 4.79 Å². The van der Waals surface area contributed by atoms with E-state index >= 15 is 0 Å². The number of aromatic amines is 1. The van der Waals surface area contributed by atoms with Crippen LogP contribution in [0.3, 0.4) is 0 Å². The maximum absolute atomic E-state index is 12.2. The van der Waals surface area contributed by atoms with Gasteiger partial charge in [-0.1, -0.05) is 0 Å². The van der Waals surface area contributed by atoms with E-state index in [1.807, 2.05) is 0 Å². The Labute approximate surface area is 121 Å². The van der Waals surface area contributed by atoms with Gasteiger partial charge < -0.3 is 16.0 Å². The van der Waals surface area contributed by atoms with Crippen LogP contribution in [0.25, 0.3) is 0 Å². The molecule has 0 aliphatic carbocycles. The van der Waals surface area contributed by atoms with Crippen molar-refractivity contribution in [1.29, 1.82) is 0 Å². The number of rotatable bonds is 4. The first-order valence-electron chi connectivity index (χ1n) is 7.13. The van der Waals surface area contributed by atoms with Crippen molar-refractivity contribution in [2.45, 2.75) is 39.3 Å². The first kappa shape index (κ1) is 15.1. The van der Waals surface area contributed by atoms with Crippen LogP contribution in [0.2, 0.25) is 0 Å². The quantitative estimate of drug-likeness (QED) is 0.697. The van der Waals surface area contributed by atoms with Crippen LogP contribution < -0.4 is 22.3 Å². The highest BCUT2D eigenvalue weighted by Crippen LogP contribution is 2.14. The Morgan fingerprint density at radius 2 is 2.00 bits per heavy atom. The van der Waals surface area contributed by atoms with Crippen molar-refractivity contribution in [3.8, 4) is 0 Å². The molecule has 1 aliphatic heterocycles. The Morgan fingerprint density at radius 3 is 2.57 bits per heavy atom. The van der Waals surface area contributed by atoms with E-state index in [1.54, 1.807) is 18.7 Å². The molecule has 4 N–H and O–H groups in total. The number of carbonyl (C=O) groups excluding carboxylic acids is 1. The van der Waals surface area contributed by atoms with Crippen LogP contribution in [-0.2, 0) is 11.3 Å². The molecule has 1 amide bonds. The molecule has 0 saturated carbocycles. The van der Waals surface area contributed by atoms with Gasteiger partial charge in [0.15, 0.2) is 0 Å². The van der Waals surface area contributed by atoms with Crippen molar-refractivity contribution in [2.24, 2.45) is 0 Å². The summed E-state index contributed by atoms with van der Waals surface area (Å²) in [5, 5.41) is 2.84. The van der Waals surface area contributed by atoms with Gasteiger partial charge in [0.25, 0.3) is 5.56 Å². The third-order valence-electron chi connectivity index (χ3n) is 3.70. The molecular formula is C13H21N5O3. The fraction of sp³-hybridized carbons (Fsp3) is 0.615. The highest BCUT2D eigenvalue weighted by atomic mass is 16.2. The van der Waals surface area contributed by atoms with Crippen LogP contribution in [-0.4, -0.2) is 39.5 Å². The van der Waals surface area contributed by atoms with Crippen LogP contribution in [0.15, 0.2) is 9.59 Å². The van der Waals surface area contributed by atoms with Gasteiger partial charge in [0.1, 0.15) is 17.5 Å². The predicted octanol–water partition coefficient (Wildman–Crippen LogP) is -0.438. The lowest BCUT2D eigenvalue weighted by Gasteiger charge is -2.22. The van der Waals surface area contributed by atoms with E-state index in [4.69, 9.17) is 5.73 Å². The molecule has 21 heavy (non-hydrogen) atoms. The van der Waals surface area contributed by atoms with E-state index in [0.717, 1.165) is 25.9 Å². The number of carbonyl (C=O) groups is 1. The molecule has 0 bridgehead atoms. The number of likely N-dealkylation sites (tertiary alicyclic amines) is 1. The fourth-order valence-corrected chi connectivity index (χ4v) is 2.53. The molecule has 1 aromatic rings. The number of nitrogen functional groups attached to an aromatic ring is 1. The Bertz CT molecular complexity index is 642. The summed E-state index contributed by atoms with van der Waals surface area (Å²) in [4.78, 5) is 39.7. The number of H-pyrrole nitrogens is 1. The largest absolute Gasteiger partial charge is 0.383 e. The molecule has 0 aromatic carbocycles. The second-order valence-electron chi connectivity index (χ2n) is 5.16. The average Bonchev–Trinajstić information content (AvgIpc) is 2.96. The lowest BCUT2D eigenvalue weighted by Crippen LogP contribution is -2.42. The highest BCUT2D eigenvalue weighted by molar-refractivity contribution is 5.85. The van der Waals surface area contributed by atoms with Crippen LogP contribution >= 0.6 is 0 Å². The summed E-state index contributed by atoms with van der Waals surface area (Å²) in [6, 6.07) is -0.575. The van der Waals surface area contributed by atoms with E-state index in [2.05, 4.69) is 10.3 Å². The lowest BCUT2D eigenvalue weighted by atomic mass is 10.2. The minimum atomic E-state index is -0.608. The van der Waals surface area contributed by atoms with Gasteiger partial charge in [0.05, 0.1) is 0 Å². The Kier molecular flexibility index (Phi) is 4.35. The molecule has 1 aromatic heterocycles. The summed E-state index contributed by atoms with van der Waals surface area (Å²) >= 11 is 0. The molecular weight excluding hydrogens is 274 g/mol. The van der Waals surface area contributed by atoms with E-state index in [-0.39, 0.29) is 17.4 Å². The molecule has 1 atom stereocenters. The minimum absolute atomic E-state index is 0.0484. The zero-order chi connectivity index (χ0) is 15.6. The number of nitrogens with zero attached hydrogens (tertiary/aromatic N) is 2. The zero-order valence-corrected chi connectivity index (χ0v) is 12.3. The third kappa shape index (κ3) is 2.93. The standard InChI is InChI=1S/C13H21N5O3/c1-3-18-10(14)9(11(19)16-13(18)21)15-8(2)12(20)17-6-4-5-7-17/h8,15H,3-7,14H2,1-2H3,(H,16,19,21). The van der Waals surface area contributed by atoms with Crippen LogP contribution in [0.1, 0.15) is 26.7 Å². The summed E-state index contributed by atoms with van der Waals surface area (Å²) in [6.45, 7) is 5.25. The molecule has 1 fully saturated rings. The first-order chi connectivity index (χ1) is 9.95. The van der Waals surface area contributed by atoms with Gasteiger partial charge in [-0.2, -0.15) is 0 Å². The number of hydrogen-bond donors (Lipinski definition) is 3. The predicted molar refractivity (Wildman–Crippen MR) is 80.3 cm³/mol. The number of amides is 1. The first-order valence-corrected chi connectivity index (χ1v) is 7.13. The monoisotopic (exact) mass is 295 g/mol. The average molecular weight is 295 g/mol. The van der Waals surface area contributed by atoms with Crippen molar-refractivity contribution in [1.82, 2.24) is 14.5 Å². The van der Waals surface area contributed by atoms with Crippen molar-refractivity contribution in [2.75, 3.05) is 24.1 Å². The second kappa shape index (κ2) is 6.02. The van der Waals surface area contributed by atoms with E-state index in [1.165, 1.54) is 4.57 Å². The van der Waals surface area contributed by atoms with Crippen molar-refractivity contribution >= 4 is 17.4 Å². The molecule has 1 saturated heterocycles. The van der Waals surface area contributed by atoms with Crippen LogP contribution in [0, 0.1) is 0 Å². The smallest absolute Gasteiger partial charge is 0.330 e.